The van der Waals surface area contributed by atoms with Crippen LogP contribution in [0.25, 0.3) is 6.08 Å². The molecular formula is C22H26N2O6S. The molecule has 2 aromatic rings. The first-order valence-corrected chi connectivity index (χ1v) is 11.4. The van der Waals surface area contributed by atoms with Gasteiger partial charge in [0.15, 0.2) is 6.61 Å². The van der Waals surface area contributed by atoms with Gasteiger partial charge in [-0.3, -0.25) is 4.79 Å². The fourth-order valence-electron chi connectivity index (χ4n) is 3.37. The Morgan fingerprint density at radius 1 is 1.06 bits per heavy atom. The average Bonchev–Trinajstić information content (AvgIpc) is 3.15. The molecule has 166 valence electrons. The minimum atomic E-state index is -3.62. The van der Waals surface area contributed by atoms with Crippen LogP contribution in [0, 0.1) is 20.8 Å². The summed E-state index contributed by atoms with van der Waals surface area (Å²) in [5.74, 6) is 0.224. The fourth-order valence-corrected chi connectivity index (χ4v) is 5.00. The number of ether oxygens (including phenoxy) is 1. The standard InChI is InChI=1S/C22H26N2O6S/c1-16-4-8-20(17(2)14-16)31(27,28)24-12-10-23(11-13-24)21(25)15-29-22(26)9-7-19-6-5-18(3)30-19/h4-9,14H,10-13,15H2,1-3H3/b9-7+. The lowest BCUT2D eigenvalue weighted by Crippen LogP contribution is -2.51. The number of furan rings is 1. The van der Waals surface area contributed by atoms with Crippen LogP contribution in [0.1, 0.15) is 22.6 Å². The fraction of sp³-hybridized carbons (Fsp3) is 0.364. The number of sulfonamides is 1. The molecule has 1 saturated heterocycles. The van der Waals surface area contributed by atoms with Crippen LogP contribution >= 0.6 is 0 Å². The van der Waals surface area contributed by atoms with Gasteiger partial charge in [-0.15, -0.1) is 0 Å². The third kappa shape index (κ3) is 5.62. The highest BCUT2D eigenvalue weighted by Crippen LogP contribution is 2.22. The molecule has 0 aliphatic carbocycles. The maximum absolute atomic E-state index is 12.9. The number of amides is 1. The minimum absolute atomic E-state index is 0.188. The van der Waals surface area contributed by atoms with E-state index in [0.29, 0.717) is 11.3 Å². The topological polar surface area (TPSA) is 97.1 Å². The number of hydrogen-bond donors (Lipinski definition) is 0. The second-order valence-electron chi connectivity index (χ2n) is 7.44. The molecule has 8 nitrogen and oxygen atoms in total. The van der Waals surface area contributed by atoms with Crippen molar-refractivity contribution >= 4 is 28.0 Å². The number of rotatable bonds is 6. The molecule has 1 aliphatic heterocycles. The molecule has 0 saturated carbocycles. The summed E-state index contributed by atoms with van der Waals surface area (Å²) in [6, 6.07) is 8.72. The summed E-state index contributed by atoms with van der Waals surface area (Å²) in [5.41, 5.74) is 1.69. The lowest BCUT2D eigenvalue weighted by atomic mass is 10.2. The van der Waals surface area contributed by atoms with E-state index in [1.54, 1.807) is 38.1 Å². The highest BCUT2D eigenvalue weighted by atomic mass is 32.2. The van der Waals surface area contributed by atoms with Crippen LogP contribution < -0.4 is 0 Å². The third-order valence-corrected chi connectivity index (χ3v) is 7.08. The Balaban J connectivity index is 1.50. The Bertz CT molecular complexity index is 1090. The van der Waals surface area contributed by atoms with Crippen molar-refractivity contribution in [1.82, 2.24) is 9.21 Å². The Kier molecular flexibility index (Phi) is 6.97. The molecule has 9 heteroatoms. The van der Waals surface area contributed by atoms with Crippen molar-refractivity contribution in [2.45, 2.75) is 25.7 Å². The van der Waals surface area contributed by atoms with Crippen LogP contribution in [0.15, 0.2) is 45.7 Å². The molecular weight excluding hydrogens is 420 g/mol. The second-order valence-corrected chi connectivity index (χ2v) is 9.35. The Labute approximate surface area is 182 Å². The van der Waals surface area contributed by atoms with Gasteiger partial charge >= 0.3 is 5.97 Å². The molecule has 1 aromatic heterocycles. The first-order chi connectivity index (χ1) is 14.7. The molecule has 0 unspecified atom stereocenters. The van der Waals surface area contributed by atoms with Crippen LogP contribution in [0.3, 0.4) is 0 Å². The van der Waals surface area contributed by atoms with E-state index in [9.17, 15) is 18.0 Å². The lowest BCUT2D eigenvalue weighted by molar-refractivity contribution is -0.148. The lowest BCUT2D eigenvalue weighted by Gasteiger charge is -2.34. The minimum Gasteiger partial charge on any atom is -0.462 e. The zero-order chi connectivity index (χ0) is 22.6. The van der Waals surface area contributed by atoms with Gasteiger partial charge in [0.05, 0.1) is 4.90 Å². The SMILES string of the molecule is Cc1ccc(S(=O)(=O)N2CCN(C(=O)COC(=O)/C=C/c3ccc(C)o3)CC2)c(C)c1. The number of esters is 1. The Morgan fingerprint density at radius 3 is 2.39 bits per heavy atom. The predicted octanol–water partition coefficient (Wildman–Crippen LogP) is 2.29. The van der Waals surface area contributed by atoms with Crippen molar-refractivity contribution in [1.29, 1.82) is 0 Å². The summed E-state index contributed by atoms with van der Waals surface area (Å²) in [6.07, 6.45) is 2.66. The van der Waals surface area contributed by atoms with Gasteiger partial charge in [-0.1, -0.05) is 17.7 Å². The van der Waals surface area contributed by atoms with Crippen LogP contribution in [0.4, 0.5) is 0 Å². The number of aryl methyl sites for hydroxylation is 3. The number of carbonyl (C=O) groups excluding carboxylic acids is 2. The van der Waals surface area contributed by atoms with E-state index in [4.69, 9.17) is 9.15 Å². The van der Waals surface area contributed by atoms with E-state index in [1.165, 1.54) is 21.4 Å². The summed E-state index contributed by atoms with van der Waals surface area (Å²) < 4.78 is 37.6. The predicted molar refractivity (Wildman–Crippen MR) is 115 cm³/mol. The highest BCUT2D eigenvalue weighted by Gasteiger charge is 2.31. The summed E-state index contributed by atoms with van der Waals surface area (Å²) in [7, 11) is -3.62. The summed E-state index contributed by atoms with van der Waals surface area (Å²) >= 11 is 0. The van der Waals surface area contributed by atoms with Crippen LogP contribution in [0.2, 0.25) is 0 Å². The van der Waals surface area contributed by atoms with E-state index >= 15 is 0 Å². The van der Waals surface area contributed by atoms with E-state index in [0.717, 1.165) is 11.3 Å². The van der Waals surface area contributed by atoms with Gasteiger partial charge in [-0.2, -0.15) is 4.31 Å². The molecule has 1 fully saturated rings. The van der Waals surface area contributed by atoms with E-state index < -0.39 is 22.6 Å². The largest absolute Gasteiger partial charge is 0.462 e. The van der Waals surface area contributed by atoms with Crippen molar-refractivity contribution in [3.05, 3.63) is 59.1 Å². The quantitative estimate of drug-likeness (QED) is 0.499. The monoisotopic (exact) mass is 446 g/mol. The Hall–Kier alpha value is -2.91. The summed E-state index contributed by atoms with van der Waals surface area (Å²) in [5, 5.41) is 0. The molecule has 1 amide bonds. The van der Waals surface area contributed by atoms with Crippen molar-refractivity contribution < 1.29 is 27.2 Å². The normalized spacial score (nSPS) is 15.4. The van der Waals surface area contributed by atoms with Crippen molar-refractivity contribution in [2.24, 2.45) is 0 Å². The molecule has 3 rings (SSSR count). The molecule has 0 spiro atoms. The molecule has 0 atom stereocenters. The molecule has 1 aromatic carbocycles. The highest BCUT2D eigenvalue weighted by molar-refractivity contribution is 7.89. The number of piperazine rings is 1. The first kappa shape index (κ1) is 22.8. The first-order valence-electron chi connectivity index (χ1n) is 9.93. The van der Waals surface area contributed by atoms with E-state index in [-0.39, 0.29) is 37.0 Å². The van der Waals surface area contributed by atoms with Crippen molar-refractivity contribution in [2.75, 3.05) is 32.8 Å². The van der Waals surface area contributed by atoms with Gasteiger partial charge in [-0.25, -0.2) is 13.2 Å². The molecule has 0 bridgehead atoms. The zero-order valence-corrected chi connectivity index (χ0v) is 18.6. The molecule has 31 heavy (non-hydrogen) atoms. The molecule has 2 heterocycles. The number of carbonyl (C=O) groups is 2. The molecule has 1 aliphatic rings. The zero-order valence-electron chi connectivity index (χ0n) is 17.8. The van der Waals surface area contributed by atoms with Crippen LogP contribution in [-0.4, -0.2) is 62.3 Å². The third-order valence-electron chi connectivity index (χ3n) is 5.02. The van der Waals surface area contributed by atoms with E-state index in [2.05, 4.69) is 0 Å². The van der Waals surface area contributed by atoms with Crippen LogP contribution in [0.5, 0.6) is 0 Å². The summed E-state index contributed by atoms with van der Waals surface area (Å²) in [6.45, 7) is 5.93. The Morgan fingerprint density at radius 2 is 1.77 bits per heavy atom. The van der Waals surface area contributed by atoms with E-state index in [1.807, 2.05) is 13.0 Å². The average molecular weight is 447 g/mol. The van der Waals surface area contributed by atoms with Crippen molar-refractivity contribution in [3.63, 3.8) is 0 Å². The number of nitrogens with zero attached hydrogens (tertiary/aromatic N) is 2. The number of benzene rings is 1. The summed E-state index contributed by atoms with van der Waals surface area (Å²) in [4.78, 5) is 25.9. The van der Waals surface area contributed by atoms with Gasteiger partial charge in [0.2, 0.25) is 10.0 Å². The van der Waals surface area contributed by atoms with Gasteiger partial charge in [0.1, 0.15) is 11.5 Å². The van der Waals surface area contributed by atoms with Gasteiger partial charge in [-0.05, 0) is 50.6 Å². The van der Waals surface area contributed by atoms with Gasteiger partial charge in [0.25, 0.3) is 5.91 Å². The molecule has 0 N–H and O–H groups in total. The van der Waals surface area contributed by atoms with Gasteiger partial charge < -0.3 is 14.1 Å². The van der Waals surface area contributed by atoms with Gasteiger partial charge in [0, 0.05) is 32.3 Å². The maximum atomic E-state index is 12.9. The van der Waals surface area contributed by atoms with Crippen LogP contribution in [-0.2, 0) is 24.3 Å². The number of hydrogen-bond acceptors (Lipinski definition) is 6. The van der Waals surface area contributed by atoms with Crippen molar-refractivity contribution in [3.8, 4) is 0 Å². The second kappa shape index (κ2) is 9.49. The maximum Gasteiger partial charge on any atom is 0.331 e. The molecule has 0 radical (unpaired) electrons. The smallest absolute Gasteiger partial charge is 0.331 e.